The van der Waals surface area contributed by atoms with Crippen LogP contribution in [-0.2, 0) is 11.3 Å². The smallest absolute Gasteiger partial charge is 0.240 e. The molecular weight excluding hydrogens is 314 g/mol. The van der Waals surface area contributed by atoms with Gasteiger partial charge in [-0.1, -0.05) is 22.9 Å². The Labute approximate surface area is 119 Å². The Morgan fingerprint density at radius 2 is 2.33 bits per heavy atom. The Bertz CT molecular complexity index is 632. The molecule has 0 spiro atoms. The maximum Gasteiger partial charge on any atom is 0.240 e. The van der Waals surface area contributed by atoms with Gasteiger partial charge in [-0.15, -0.1) is 0 Å². The first-order valence-electron chi connectivity index (χ1n) is 5.76. The highest BCUT2D eigenvalue weighted by molar-refractivity contribution is 9.10. The summed E-state index contributed by atoms with van der Waals surface area (Å²) in [5.41, 5.74) is 1.87. The third-order valence-electron chi connectivity index (χ3n) is 2.61. The van der Waals surface area contributed by atoms with Gasteiger partial charge in [-0.2, -0.15) is 0 Å². The fourth-order valence-electron chi connectivity index (χ4n) is 1.75. The van der Waals surface area contributed by atoms with Crippen molar-refractivity contribution in [2.45, 2.75) is 19.9 Å². The van der Waals surface area contributed by atoms with Crippen molar-refractivity contribution >= 4 is 45.1 Å². The molecule has 2 aromatic rings. The van der Waals surface area contributed by atoms with Crippen molar-refractivity contribution < 1.29 is 4.79 Å². The van der Waals surface area contributed by atoms with Crippen LogP contribution in [0, 0.1) is 4.77 Å². The van der Waals surface area contributed by atoms with Crippen LogP contribution in [0.3, 0.4) is 0 Å². The molecule has 0 radical (unpaired) electrons. The van der Waals surface area contributed by atoms with E-state index in [9.17, 15) is 4.79 Å². The molecule has 6 heteroatoms. The maximum atomic E-state index is 11.7. The molecule has 0 atom stereocenters. The number of aromatic nitrogens is 2. The van der Waals surface area contributed by atoms with Crippen molar-refractivity contribution in [2.24, 2.45) is 0 Å². The number of nitrogens with zero attached hydrogens (tertiary/aromatic N) is 1. The van der Waals surface area contributed by atoms with E-state index in [0.717, 1.165) is 21.9 Å². The number of aromatic amines is 1. The molecule has 96 valence electrons. The number of imidazole rings is 1. The monoisotopic (exact) mass is 327 g/mol. The van der Waals surface area contributed by atoms with E-state index in [1.807, 2.05) is 25.1 Å². The van der Waals surface area contributed by atoms with Crippen LogP contribution in [0.1, 0.15) is 13.3 Å². The van der Waals surface area contributed by atoms with Crippen molar-refractivity contribution in [3.05, 3.63) is 27.4 Å². The van der Waals surface area contributed by atoms with Gasteiger partial charge >= 0.3 is 0 Å². The van der Waals surface area contributed by atoms with Gasteiger partial charge in [0.1, 0.15) is 6.54 Å². The summed E-state index contributed by atoms with van der Waals surface area (Å²) < 4.78 is 3.34. The van der Waals surface area contributed by atoms with Crippen LogP contribution in [0.5, 0.6) is 0 Å². The molecule has 0 aliphatic rings. The summed E-state index contributed by atoms with van der Waals surface area (Å²) >= 11 is 8.66. The molecule has 0 saturated heterocycles. The van der Waals surface area contributed by atoms with E-state index in [1.165, 1.54) is 0 Å². The predicted octanol–water partition coefficient (Wildman–Crippen LogP) is 2.99. The molecule has 1 aromatic heterocycles. The van der Waals surface area contributed by atoms with Gasteiger partial charge in [-0.3, -0.25) is 4.79 Å². The maximum absolute atomic E-state index is 11.7. The van der Waals surface area contributed by atoms with E-state index in [2.05, 4.69) is 26.2 Å². The van der Waals surface area contributed by atoms with Crippen molar-refractivity contribution in [3.8, 4) is 0 Å². The third kappa shape index (κ3) is 2.81. The van der Waals surface area contributed by atoms with Gasteiger partial charge in [-0.05, 0) is 36.8 Å². The topological polar surface area (TPSA) is 49.8 Å². The summed E-state index contributed by atoms with van der Waals surface area (Å²) in [5.74, 6) is -0.0196. The Hall–Kier alpha value is -1.14. The van der Waals surface area contributed by atoms with E-state index < -0.39 is 0 Å². The molecule has 1 amide bonds. The standard InChI is InChI=1S/C12H14BrN3OS/c1-2-5-14-11(17)7-16-10-6-8(13)3-4-9(10)15-12(16)18/h3-4,6H,2,5,7H2,1H3,(H,14,17)(H,15,18). The average Bonchev–Trinajstić information content (AvgIpc) is 2.63. The number of carbonyl (C=O) groups excluding carboxylic acids is 1. The number of benzene rings is 1. The molecular formula is C12H14BrN3OS. The molecule has 0 unspecified atom stereocenters. The molecule has 4 nitrogen and oxygen atoms in total. The van der Waals surface area contributed by atoms with Crippen LogP contribution >= 0.6 is 28.1 Å². The Kier molecular flexibility index (Phi) is 4.19. The molecule has 0 aliphatic carbocycles. The first-order chi connectivity index (χ1) is 8.61. The summed E-state index contributed by atoms with van der Waals surface area (Å²) in [6.45, 7) is 2.96. The number of halogens is 1. The Morgan fingerprint density at radius 1 is 1.56 bits per heavy atom. The first kappa shape index (κ1) is 13.3. The highest BCUT2D eigenvalue weighted by atomic mass is 79.9. The SMILES string of the molecule is CCCNC(=O)Cn1c(=S)[nH]c2ccc(Br)cc21. The number of H-pyrrole nitrogens is 1. The van der Waals surface area contributed by atoms with Crippen LogP contribution < -0.4 is 5.32 Å². The van der Waals surface area contributed by atoms with Crippen molar-refractivity contribution in [1.29, 1.82) is 0 Å². The fourth-order valence-corrected chi connectivity index (χ4v) is 2.37. The highest BCUT2D eigenvalue weighted by Crippen LogP contribution is 2.19. The molecule has 0 saturated carbocycles. The lowest BCUT2D eigenvalue weighted by Gasteiger charge is -2.05. The van der Waals surface area contributed by atoms with Gasteiger partial charge in [0.15, 0.2) is 4.77 Å². The van der Waals surface area contributed by atoms with E-state index in [4.69, 9.17) is 12.2 Å². The second-order valence-electron chi connectivity index (χ2n) is 4.03. The van der Waals surface area contributed by atoms with Crippen LogP contribution in [0.2, 0.25) is 0 Å². The zero-order chi connectivity index (χ0) is 13.1. The highest BCUT2D eigenvalue weighted by Gasteiger charge is 2.08. The second kappa shape index (κ2) is 5.67. The lowest BCUT2D eigenvalue weighted by Crippen LogP contribution is -2.28. The molecule has 2 N–H and O–H groups in total. The van der Waals surface area contributed by atoms with Gasteiger partial charge < -0.3 is 14.9 Å². The second-order valence-corrected chi connectivity index (χ2v) is 5.33. The number of fused-ring (bicyclic) bond motifs is 1. The number of nitrogens with one attached hydrogen (secondary N) is 2. The van der Waals surface area contributed by atoms with Gasteiger partial charge in [0.05, 0.1) is 11.0 Å². The molecule has 0 aliphatic heterocycles. The van der Waals surface area contributed by atoms with Gasteiger partial charge in [0, 0.05) is 11.0 Å². The zero-order valence-electron chi connectivity index (χ0n) is 10.00. The molecule has 18 heavy (non-hydrogen) atoms. The number of hydrogen-bond acceptors (Lipinski definition) is 2. The molecule has 1 aromatic carbocycles. The number of rotatable bonds is 4. The van der Waals surface area contributed by atoms with E-state index >= 15 is 0 Å². The van der Waals surface area contributed by atoms with Crippen molar-refractivity contribution in [2.75, 3.05) is 6.54 Å². The summed E-state index contributed by atoms with van der Waals surface area (Å²) in [5, 5.41) is 2.85. The van der Waals surface area contributed by atoms with Gasteiger partial charge in [0.2, 0.25) is 5.91 Å². The van der Waals surface area contributed by atoms with Crippen LogP contribution in [0.25, 0.3) is 11.0 Å². The predicted molar refractivity (Wildman–Crippen MR) is 78.1 cm³/mol. The van der Waals surface area contributed by atoms with Crippen LogP contribution in [-0.4, -0.2) is 22.0 Å². The Balaban J connectivity index is 2.32. The lowest BCUT2D eigenvalue weighted by molar-refractivity contribution is -0.121. The molecule has 0 bridgehead atoms. The number of hydrogen-bond donors (Lipinski definition) is 2. The Morgan fingerprint density at radius 3 is 3.06 bits per heavy atom. The summed E-state index contributed by atoms with van der Waals surface area (Å²) in [6.07, 6.45) is 0.927. The number of carbonyl (C=O) groups is 1. The first-order valence-corrected chi connectivity index (χ1v) is 6.96. The van der Waals surface area contributed by atoms with E-state index in [-0.39, 0.29) is 12.5 Å². The normalized spacial score (nSPS) is 10.8. The fraction of sp³-hybridized carbons (Fsp3) is 0.333. The summed E-state index contributed by atoms with van der Waals surface area (Å²) in [6, 6.07) is 5.83. The van der Waals surface area contributed by atoms with Crippen LogP contribution in [0.15, 0.2) is 22.7 Å². The molecule has 0 fully saturated rings. The largest absolute Gasteiger partial charge is 0.355 e. The van der Waals surface area contributed by atoms with Crippen molar-refractivity contribution in [1.82, 2.24) is 14.9 Å². The average molecular weight is 328 g/mol. The quantitative estimate of drug-likeness (QED) is 0.848. The molecule has 2 rings (SSSR count). The number of amides is 1. The molecule has 1 heterocycles. The van der Waals surface area contributed by atoms with Gasteiger partial charge in [-0.25, -0.2) is 0 Å². The van der Waals surface area contributed by atoms with E-state index in [0.29, 0.717) is 11.3 Å². The third-order valence-corrected chi connectivity index (χ3v) is 3.43. The lowest BCUT2D eigenvalue weighted by atomic mass is 10.3. The van der Waals surface area contributed by atoms with E-state index in [1.54, 1.807) is 4.57 Å². The minimum absolute atomic E-state index is 0.0196. The summed E-state index contributed by atoms with van der Waals surface area (Å²) in [4.78, 5) is 14.8. The van der Waals surface area contributed by atoms with Gasteiger partial charge in [0.25, 0.3) is 0 Å². The van der Waals surface area contributed by atoms with Crippen molar-refractivity contribution in [3.63, 3.8) is 0 Å². The minimum Gasteiger partial charge on any atom is -0.355 e. The van der Waals surface area contributed by atoms with Crippen LogP contribution in [0.4, 0.5) is 0 Å². The summed E-state index contributed by atoms with van der Waals surface area (Å²) in [7, 11) is 0. The minimum atomic E-state index is -0.0196. The zero-order valence-corrected chi connectivity index (χ0v) is 12.4.